The monoisotopic (exact) mass is 408 g/mol. The van der Waals surface area contributed by atoms with Gasteiger partial charge in [0.15, 0.2) is 0 Å². The van der Waals surface area contributed by atoms with Crippen molar-refractivity contribution >= 4 is 27.0 Å². The summed E-state index contributed by atoms with van der Waals surface area (Å²) in [5.74, 6) is 0. The van der Waals surface area contributed by atoms with Crippen LogP contribution >= 0.6 is 0 Å². The molecule has 8 nitrogen and oxygen atoms in total. The second-order valence-electron chi connectivity index (χ2n) is 6.49. The van der Waals surface area contributed by atoms with Crippen LogP contribution in [0, 0.1) is 17.0 Å². The maximum Gasteiger partial charge on any atom is 0.270 e. The van der Waals surface area contributed by atoms with Crippen molar-refractivity contribution in [2.24, 2.45) is 0 Å². The number of nitrogens with zero attached hydrogens (tertiary/aromatic N) is 3. The maximum absolute atomic E-state index is 12.8. The molecule has 4 rings (SSSR count). The lowest BCUT2D eigenvalue weighted by Gasteiger charge is -2.11. The van der Waals surface area contributed by atoms with Crippen molar-refractivity contribution in [3.8, 4) is 11.3 Å². The molecule has 0 saturated heterocycles. The van der Waals surface area contributed by atoms with Crippen LogP contribution in [0.2, 0.25) is 0 Å². The van der Waals surface area contributed by atoms with Gasteiger partial charge >= 0.3 is 0 Å². The van der Waals surface area contributed by atoms with Crippen LogP contribution < -0.4 is 4.72 Å². The fraction of sp³-hybridized carbons (Fsp3) is 0.0500. The van der Waals surface area contributed by atoms with E-state index >= 15 is 0 Å². The number of non-ortho nitro benzene ring substituents is 1. The molecule has 0 unspecified atom stereocenters. The Morgan fingerprint density at radius 3 is 2.66 bits per heavy atom. The highest BCUT2D eigenvalue weighted by atomic mass is 32.2. The predicted molar refractivity (Wildman–Crippen MR) is 109 cm³/mol. The van der Waals surface area contributed by atoms with Gasteiger partial charge < -0.3 is 4.40 Å². The molecule has 0 radical (unpaired) electrons. The van der Waals surface area contributed by atoms with Crippen molar-refractivity contribution in [3.05, 3.63) is 88.7 Å². The van der Waals surface area contributed by atoms with E-state index < -0.39 is 14.9 Å². The fourth-order valence-electron chi connectivity index (χ4n) is 3.02. The number of benzene rings is 2. The number of fused-ring (bicyclic) bond motifs is 1. The number of nitro benzene ring substituents is 1. The summed E-state index contributed by atoms with van der Waals surface area (Å²) in [4.78, 5) is 14.8. The minimum atomic E-state index is -4.00. The Morgan fingerprint density at radius 2 is 1.90 bits per heavy atom. The number of anilines is 1. The van der Waals surface area contributed by atoms with E-state index in [4.69, 9.17) is 0 Å². The van der Waals surface area contributed by atoms with E-state index in [2.05, 4.69) is 9.71 Å². The molecule has 0 spiro atoms. The fourth-order valence-corrected chi connectivity index (χ4v) is 4.33. The first-order chi connectivity index (χ1) is 13.8. The molecule has 0 aliphatic carbocycles. The average molecular weight is 408 g/mol. The minimum Gasteiger partial charge on any atom is -0.306 e. The zero-order valence-electron chi connectivity index (χ0n) is 15.3. The van der Waals surface area contributed by atoms with Crippen molar-refractivity contribution in [3.63, 3.8) is 0 Å². The first-order valence-corrected chi connectivity index (χ1v) is 10.1. The number of nitrogens with one attached hydrogen (secondary N) is 1. The quantitative estimate of drug-likeness (QED) is 0.396. The molecule has 0 aliphatic rings. The average Bonchev–Trinajstić information content (AvgIpc) is 3.12. The third kappa shape index (κ3) is 3.67. The van der Waals surface area contributed by atoms with Crippen LogP contribution in [0.4, 0.5) is 11.4 Å². The molecule has 0 bridgehead atoms. The highest BCUT2D eigenvalue weighted by Gasteiger charge is 2.21. The van der Waals surface area contributed by atoms with Crippen molar-refractivity contribution in [1.82, 2.24) is 9.38 Å². The van der Waals surface area contributed by atoms with Crippen molar-refractivity contribution in [1.29, 1.82) is 0 Å². The summed E-state index contributed by atoms with van der Waals surface area (Å²) in [6, 6.07) is 16.2. The van der Waals surface area contributed by atoms with E-state index in [0.29, 0.717) is 16.9 Å². The number of aromatic nitrogens is 2. The SMILES string of the molecule is Cc1ccc([N+](=O)[O-])cc1S(=O)(=O)Nc1cccc(-c2cn3ccccc3n2)c1. The molecule has 0 amide bonds. The van der Waals surface area contributed by atoms with Crippen LogP contribution in [-0.2, 0) is 10.0 Å². The lowest BCUT2D eigenvalue weighted by Crippen LogP contribution is -2.14. The lowest BCUT2D eigenvalue weighted by atomic mass is 10.1. The van der Waals surface area contributed by atoms with Gasteiger partial charge in [0.2, 0.25) is 0 Å². The number of sulfonamides is 1. The highest BCUT2D eigenvalue weighted by molar-refractivity contribution is 7.92. The second-order valence-corrected chi connectivity index (χ2v) is 8.14. The summed E-state index contributed by atoms with van der Waals surface area (Å²) in [6.07, 6.45) is 3.73. The second kappa shape index (κ2) is 7.02. The first-order valence-electron chi connectivity index (χ1n) is 8.65. The number of nitro groups is 1. The standard InChI is InChI=1S/C20H16N4O4S/c1-14-8-9-17(24(25)26)12-19(14)29(27,28)22-16-6-4-5-15(11-16)18-13-23-10-3-2-7-20(23)21-18/h2-13,22H,1H3. The van der Waals surface area contributed by atoms with Gasteiger partial charge in [-0.2, -0.15) is 0 Å². The van der Waals surface area contributed by atoms with Crippen molar-refractivity contribution < 1.29 is 13.3 Å². The maximum atomic E-state index is 12.8. The van der Waals surface area contributed by atoms with Gasteiger partial charge in [0.1, 0.15) is 5.65 Å². The Bertz CT molecular complexity index is 1310. The van der Waals surface area contributed by atoms with E-state index in [1.54, 1.807) is 25.1 Å². The Balaban J connectivity index is 1.69. The predicted octanol–water partition coefficient (Wildman–Crippen LogP) is 4.02. The van der Waals surface area contributed by atoms with Gasteiger partial charge in [-0.25, -0.2) is 13.4 Å². The summed E-state index contributed by atoms with van der Waals surface area (Å²) in [5, 5.41) is 11.0. The highest BCUT2D eigenvalue weighted by Crippen LogP contribution is 2.27. The van der Waals surface area contributed by atoms with E-state index in [-0.39, 0.29) is 10.6 Å². The zero-order chi connectivity index (χ0) is 20.6. The van der Waals surface area contributed by atoms with E-state index in [0.717, 1.165) is 17.3 Å². The number of aryl methyl sites for hydroxylation is 1. The molecule has 0 aliphatic heterocycles. The topological polar surface area (TPSA) is 107 Å². The molecule has 0 fully saturated rings. The number of hydrogen-bond donors (Lipinski definition) is 1. The number of imidazole rings is 1. The minimum absolute atomic E-state index is 0.134. The van der Waals surface area contributed by atoms with Crippen LogP contribution in [0.1, 0.15) is 5.56 Å². The van der Waals surface area contributed by atoms with Crippen LogP contribution in [0.15, 0.2) is 78.0 Å². The molecule has 2 aromatic carbocycles. The van der Waals surface area contributed by atoms with Crippen LogP contribution in [0.25, 0.3) is 16.9 Å². The number of hydrogen-bond acceptors (Lipinski definition) is 5. The summed E-state index contributed by atoms with van der Waals surface area (Å²) in [7, 11) is -4.00. The van der Waals surface area contributed by atoms with Gasteiger partial charge in [-0.1, -0.05) is 24.3 Å². The zero-order valence-corrected chi connectivity index (χ0v) is 16.1. The molecular weight excluding hydrogens is 392 g/mol. The normalized spacial score (nSPS) is 11.5. The molecule has 2 aromatic heterocycles. The van der Waals surface area contributed by atoms with Gasteiger partial charge in [0.25, 0.3) is 15.7 Å². The van der Waals surface area contributed by atoms with Crippen LogP contribution in [0.3, 0.4) is 0 Å². The van der Waals surface area contributed by atoms with Crippen molar-refractivity contribution in [2.75, 3.05) is 4.72 Å². The Morgan fingerprint density at radius 1 is 1.07 bits per heavy atom. The molecule has 1 N–H and O–H groups in total. The summed E-state index contributed by atoms with van der Waals surface area (Å²) < 4.78 is 30.0. The van der Waals surface area contributed by atoms with E-state index in [1.807, 2.05) is 41.1 Å². The van der Waals surface area contributed by atoms with Crippen LogP contribution in [0.5, 0.6) is 0 Å². The number of pyridine rings is 1. The van der Waals surface area contributed by atoms with Gasteiger partial charge in [-0.05, 0) is 36.8 Å². The molecular formula is C20H16N4O4S. The summed E-state index contributed by atoms with van der Waals surface area (Å²) in [6.45, 7) is 1.59. The van der Waals surface area contributed by atoms with Crippen molar-refractivity contribution in [2.45, 2.75) is 11.8 Å². The first kappa shape index (κ1) is 18.6. The Hall–Kier alpha value is -3.72. The molecule has 146 valence electrons. The van der Waals surface area contributed by atoms with E-state index in [1.165, 1.54) is 12.1 Å². The van der Waals surface area contributed by atoms with Gasteiger partial charge in [0.05, 0.1) is 15.5 Å². The summed E-state index contributed by atoms with van der Waals surface area (Å²) >= 11 is 0. The molecule has 29 heavy (non-hydrogen) atoms. The van der Waals surface area contributed by atoms with Gasteiger partial charge in [-0.3, -0.25) is 14.8 Å². The third-order valence-corrected chi connectivity index (χ3v) is 5.97. The Labute approximate surface area is 166 Å². The smallest absolute Gasteiger partial charge is 0.270 e. The molecule has 0 atom stereocenters. The third-order valence-electron chi connectivity index (χ3n) is 4.45. The molecule has 2 heterocycles. The molecule has 9 heteroatoms. The summed E-state index contributed by atoms with van der Waals surface area (Å²) in [5.41, 5.74) is 2.69. The van der Waals surface area contributed by atoms with Crippen LogP contribution in [-0.4, -0.2) is 22.7 Å². The largest absolute Gasteiger partial charge is 0.306 e. The molecule has 4 aromatic rings. The van der Waals surface area contributed by atoms with E-state index in [9.17, 15) is 18.5 Å². The number of rotatable bonds is 5. The lowest BCUT2D eigenvalue weighted by molar-refractivity contribution is -0.385. The molecule has 0 saturated carbocycles. The van der Waals surface area contributed by atoms with Gasteiger partial charge in [0, 0.05) is 35.8 Å². The van der Waals surface area contributed by atoms with Gasteiger partial charge in [-0.15, -0.1) is 0 Å². The Kier molecular flexibility index (Phi) is 4.51.